The third-order valence-corrected chi connectivity index (χ3v) is 7.60. The van der Waals surface area contributed by atoms with Gasteiger partial charge in [0.25, 0.3) is 0 Å². The molecular formula is C28H33F2N3O3S. The summed E-state index contributed by atoms with van der Waals surface area (Å²) in [5.74, 6) is -0.873. The van der Waals surface area contributed by atoms with E-state index in [1.165, 1.54) is 25.1 Å². The third-order valence-electron chi connectivity index (χ3n) is 6.08. The van der Waals surface area contributed by atoms with Gasteiger partial charge in [-0.25, -0.2) is 21.9 Å². The maximum Gasteiger partial charge on any atom is 0.240 e. The summed E-state index contributed by atoms with van der Waals surface area (Å²) in [7, 11) is -3.70. The van der Waals surface area contributed by atoms with E-state index in [0.717, 1.165) is 55.0 Å². The summed E-state index contributed by atoms with van der Waals surface area (Å²) < 4.78 is 54.8. The molecule has 2 N–H and O–H groups in total. The van der Waals surface area contributed by atoms with Crippen molar-refractivity contribution in [3.63, 3.8) is 0 Å². The number of benzene rings is 2. The maximum atomic E-state index is 14.6. The summed E-state index contributed by atoms with van der Waals surface area (Å²) >= 11 is 0. The van der Waals surface area contributed by atoms with Crippen molar-refractivity contribution >= 4 is 27.2 Å². The first-order valence-electron chi connectivity index (χ1n) is 12.3. The minimum atomic E-state index is -3.70. The van der Waals surface area contributed by atoms with E-state index in [1.54, 1.807) is 24.4 Å². The number of allylic oxidation sites excluding steroid dienone is 3. The van der Waals surface area contributed by atoms with E-state index in [0.29, 0.717) is 18.5 Å². The van der Waals surface area contributed by atoms with Crippen LogP contribution in [0.5, 0.6) is 0 Å². The number of hydrogen-bond donors (Lipinski definition) is 2. The second-order valence-corrected chi connectivity index (χ2v) is 10.9. The minimum Gasteiger partial charge on any atom is -0.352 e. The number of sulfonamides is 1. The molecule has 1 saturated carbocycles. The number of hydrogen-bond acceptors (Lipinski definition) is 4. The van der Waals surface area contributed by atoms with Crippen molar-refractivity contribution in [2.75, 3.05) is 0 Å². The first-order valence-corrected chi connectivity index (χ1v) is 13.8. The molecule has 0 saturated heterocycles. The Kier molecular flexibility index (Phi) is 10.3. The van der Waals surface area contributed by atoms with Crippen LogP contribution in [-0.4, -0.2) is 26.1 Å². The van der Waals surface area contributed by atoms with Crippen LogP contribution in [0, 0.1) is 11.6 Å². The monoisotopic (exact) mass is 529 g/mol. The van der Waals surface area contributed by atoms with Gasteiger partial charge in [0.2, 0.25) is 15.9 Å². The van der Waals surface area contributed by atoms with Gasteiger partial charge in [-0.3, -0.25) is 9.79 Å². The number of halogens is 2. The Morgan fingerprint density at radius 1 is 1.05 bits per heavy atom. The van der Waals surface area contributed by atoms with Crippen molar-refractivity contribution in [3.05, 3.63) is 83.6 Å². The summed E-state index contributed by atoms with van der Waals surface area (Å²) in [5.41, 5.74) is 2.89. The van der Waals surface area contributed by atoms with Gasteiger partial charge in [-0.2, -0.15) is 0 Å². The fourth-order valence-electron chi connectivity index (χ4n) is 4.15. The van der Waals surface area contributed by atoms with Gasteiger partial charge in [0.1, 0.15) is 11.6 Å². The summed E-state index contributed by atoms with van der Waals surface area (Å²) in [5, 5.41) is 2.62. The van der Waals surface area contributed by atoms with E-state index < -0.39 is 15.8 Å². The molecule has 0 radical (unpaired) electrons. The van der Waals surface area contributed by atoms with Gasteiger partial charge < -0.3 is 5.32 Å². The number of nitrogens with zero attached hydrogens (tertiary/aromatic N) is 1. The molecule has 37 heavy (non-hydrogen) atoms. The van der Waals surface area contributed by atoms with Crippen LogP contribution in [0.4, 0.5) is 8.78 Å². The third kappa shape index (κ3) is 9.02. The highest BCUT2D eigenvalue weighted by Gasteiger charge is 2.23. The Balaban J connectivity index is 0.000000266. The average molecular weight is 530 g/mol. The van der Waals surface area contributed by atoms with Crippen LogP contribution in [0.25, 0.3) is 5.57 Å². The molecule has 198 valence electrons. The van der Waals surface area contributed by atoms with Gasteiger partial charge in [0.15, 0.2) is 0 Å². The van der Waals surface area contributed by atoms with E-state index in [4.69, 9.17) is 0 Å². The quantitative estimate of drug-likeness (QED) is 0.506. The number of aliphatic imine (C=N–C) groups is 1. The van der Waals surface area contributed by atoms with Crippen molar-refractivity contribution in [2.45, 2.75) is 69.9 Å². The summed E-state index contributed by atoms with van der Waals surface area (Å²) in [6.45, 7) is 3.75. The lowest BCUT2D eigenvalue weighted by atomic mass is 9.96. The van der Waals surface area contributed by atoms with E-state index in [2.05, 4.69) is 15.0 Å². The zero-order valence-corrected chi connectivity index (χ0v) is 22.0. The molecule has 1 fully saturated rings. The Labute approximate surface area is 217 Å². The Morgan fingerprint density at radius 2 is 1.76 bits per heavy atom. The van der Waals surface area contributed by atoms with E-state index in [1.807, 2.05) is 19.1 Å². The number of carbonyl (C=O) groups excluding carboxylic acids is 1. The molecule has 0 atom stereocenters. The van der Waals surface area contributed by atoms with E-state index >= 15 is 0 Å². The molecule has 1 aliphatic carbocycles. The fraction of sp³-hybridized carbons (Fsp3) is 0.357. The van der Waals surface area contributed by atoms with Crippen molar-refractivity contribution in [3.8, 4) is 0 Å². The highest BCUT2D eigenvalue weighted by atomic mass is 32.2. The van der Waals surface area contributed by atoms with Crippen LogP contribution in [0.1, 0.15) is 63.5 Å². The number of carbonyl (C=O) groups is 1. The van der Waals surface area contributed by atoms with Gasteiger partial charge in [0.05, 0.1) is 4.90 Å². The molecule has 1 heterocycles. The van der Waals surface area contributed by atoms with Gasteiger partial charge in [-0.05, 0) is 67.7 Å². The highest BCUT2D eigenvalue weighted by molar-refractivity contribution is 7.89. The minimum absolute atomic E-state index is 0.0190. The number of amides is 1. The van der Waals surface area contributed by atoms with Gasteiger partial charge in [-0.15, -0.1) is 0 Å². The topological polar surface area (TPSA) is 87.6 Å². The van der Waals surface area contributed by atoms with Crippen molar-refractivity contribution < 1.29 is 22.0 Å². The molecule has 0 bridgehead atoms. The molecule has 1 aliphatic heterocycles. The van der Waals surface area contributed by atoms with Gasteiger partial charge >= 0.3 is 0 Å². The Bertz CT molecular complexity index is 1280. The zero-order valence-electron chi connectivity index (χ0n) is 21.1. The second kappa shape index (κ2) is 13.4. The van der Waals surface area contributed by atoms with Crippen LogP contribution >= 0.6 is 0 Å². The summed E-state index contributed by atoms with van der Waals surface area (Å²) in [6.07, 6.45) is 10.8. The first kappa shape index (κ1) is 28.4. The summed E-state index contributed by atoms with van der Waals surface area (Å²) in [6, 6.07) is 10.1. The predicted molar refractivity (Wildman–Crippen MR) is 142 cm³/mol. The molecule has 2 aliphatic rings. The molecule has 2 aromatic carbocycles. The van der Waals surface area contributed by atoms with Crippen molar-refractivity contribution in [2.24, 2.45) is 4.99 Å². The number of nitrogens with one attached hydrogen (secondary N) is 2. The Morgan fingerprint density at radius 3 is 2.41 bits per heavy atom. The van der Waals surface area contributed by atoms with Gasteiger partial charge in [-0.1, -0.05) is 43.5 Å². The first-order chi connectivity index (χ1) is 17.6. The molecule has 2 aromatic rings. The molecule has 1 amide bonds. The van der Waals surface area contributed by atoms with Gasteiger partial charge in [0, 0.05) is 37.0 Å². The van der Waals surface area contributed by atoms with Crippen molar-refractivity contribution in [1.82, 2.24) is 10.0 Å². The lowest BCUT2D eigenvalue weighted by Crippen LogP contribution is -2.36. The molecule has 0 unspecified atom stereocenters. The zero-order chi connectivity index (χ0) is 26.8. The lowest BCUT2D eigenvalue weighted by molar-refractivity contribution is -0.119. The molecule has 0 spiro atoms. The second-order valence-electron chi connectivity index (χ2n) is 9.16. The average Bonchev–Trinajstić information content (AvgIpc) is 3.08. The van der Waals surface area contributed by atoms with Crippen LogP contribution in [0.3, 0.4) is 0 Å². The van der Waals surface area contributed by atoms with Crippen LogP contribution in [-0.2, 0) is 21.4 Å². The normalized spacial score (nSPS) is 16.1. The van der Waals surface area contributed by atoms with Crippen LogP contribution in [0.2, 0.25) is 0 Å². The molecule has 9 heteroatoms. The summed E-state index contributed by atoms with van der Waals surface area (Å²) in [4.78, 5) is 14.7. The predicted octanol–water partition coefficient (Wildman–Crippen LogP) is 5.66. The molecule has 6 nitrogen and oxygen atoms in total. The fourth-order valence-corrected chi connectivity index (χ4v) is 5.46. The van der Waals surface area contributed by atoms with E-state index in [-0.39, 0.29) is 22.7 Å². The van der Waals surface area contributed by atoms with Crippen LogP contribution < -0.4 is 10.0 Å². The maximum absolute atomic E-state index is 14.6. The molecular weight excluding hydrogens is 496 g/mol. The SMILES string of the molecule is CC(=O)NCc1ccc(F)cc1.CC1=NC=CCC(c2ccc(S(=O)(=O)NC3CCCCC3)cc2F)=C1. The largest absolute Gasteiger partial charge is 0.352 e. The Hall–Kier alpha value is -3.17. The van der Waals surface area contributed by atoms with Crippen molar-refractivity contribution in [1.29, 1.82) is 0 Å². The lowest BCUT2D eigenvalue weighted by Gasteiger charge is -2.22. The highest BCUT2D eigenvalue weighted by Crippen LogP contribution is 2.26. The molecule has 0 aromatic heterocycles. The van der Waals surface area contributed by atoms with E-state index in [9.17, 15) is 22.0 Å². The smallest absolute Gasteiger partial charge is 0.240 e. The molecule has 4 rings (SSSR count). The number of rotatable bonds is 6. The standard InChI is InChI=1S/C19H23FN2O2S.C9H10FNO/c1-14-12-15(6-5-11-21-14)18-10-9-17(13-19(18)20)25(23,24)22-16-7-3-2-4-8-16;1-7(12)11-6-8-2-4-9(10)5-3-8/h5,9-13,16,22H,2-4,6-8H2,1H3;2-5H,6H2,1H3,(H,11,12). The van der Waals surface area contributed by atoms with Crippen LogP contribution in [0.15, 0.2) is 70.7 Å².